The molecule has 0 fully saturated rings. The fourth-order valence-corrected chi connectivity index (χ4v) is 2.84. The Labute approximate surface area is 109 Å². The lowest BCUT2D eigenvalue weighted by Gasteiger charge is -2.19. The van der Waals surface area contributed by atoms with Gasteiger partial charge in [-0.2, -0.15) is 0 Å². The first-order chi connectivity index (χ1) is 7.70. The van der Waals surface area contributed by atoms with Crippen molar-refractivity contribution in [3.63, 3.8) is 0 Å². The molecule has 0 aliphatic carbocycles. The zero-order valence-electron chi connectivity index (χ0n) is 10.1. The van der Waals surface area contributed by atoms with Crippen molar-refractivity contribution in [1.82, 2.24) is 0 Å². The fourth-order valence-electron chi connectivity index (χ4n) is 2.13. The maximum absolute atomic E-state index is 6.25. The molecule has 1 aromatic carbocycles. The Hall–Kier alpha value is -0.200. The number of hydrogen-bond acceptors (Lipinski definition) is 0. The number of halogens is 2. The summed E-state index contributed by atoms with van der Waals surface area (Å²) < 4.78 is 0. The molecular formula is C14H20Cl2. The van der Waals surface area contributed by atoms with Crippen molar-refractivity contribution in [2.75, 3.05) is 0 Å². The minimum atomic E-state index is 0.520. The molecule has 0 saturated carbocycles. The summed E-state index contributed by atoms with van der Waals surface area (Å²) in [7, 11) is 0. The summed E-state index contributed by atoms with van der Waals surface area (Å²) in [5, 5.41) is 1.64. The molecule has 2 heteroatoms. The van der Waals surface area contributed by atoms with Crippen molar-refractivity contribution in [2.24, 2.45) is 0 Å². The van der Waals surface area contributed by atoms with E-state index >= 15 is 0 Å². The predicted molar refractivity (Wildman–Crippen MR) is 73.6 cm³/mol. The first kappa shape index (κ1) is 13.9. The van der Waals surface area contributed by atoms with E-state index in [0.29, 0.717) is 5.92 Å². The largest absolute Gasteiger partial charge is 0.0840 e. The molecule has 1 rings (SSSR count). The molecule has 0 aromatic heterocycles. The quantitative estimate of drug-likeness (QED) is 0.581. The van der Waals surface area contributed by atoms with Gasteiger partial charge in [-0.3, -0.25) is 0 Å². The number of benzene rings is 1. The highest BCUT2D eigenvalue weighted by molar-refractivity contribution is 6.36. The standard InChI is InChI=1S/C14H20Cl2/c1-3-5-8-11(7-4-2)14-12(15)9-6-10-13(14)16/h6,9-11H,3-5,7-8H2,1-2H3. The Balaban J connectivity index is 2.90. The van der Waals surface area contributed by atoms with Crippen LogP contribution in [-0.4, -0.2) is 0 Å². The van der Waals surface area contributed by atoms with Gasteiger partial charge in [-0.25, -0.2) is 0 Å². The summed E-state index contributed by atoms with van der Waals surface area (Å²) in [5.41, 5.74) is 1.15. The first-order valence-electron chi connectivity index (χ1n) is 6.14. The highest BCUT2D eigenvalue weighted by atomic mass is 35.5. The van der Waals surface area contributed by atoms with Crippen LogP contribution in [0.4, 0.5) is 0 Å². The van der Waals surface area contributed by atoms with E-state index in [9.17, 15) is 0 Å². The summed E-state index contributed by atoms with van der Waals surface area (Å²) in [4.78, 5) is 0. The lowest BCUT2D eigenvalue weighted by atomic mass is 9.89. The maximum Gasteiger partial charge on any atom is 0.0455 e. The van der Waals surface area contributed by atoms with Crippen LogP contribution < -0.4 is 0 Å². The molecule has 1 aromatic rings. The van der Waals surface area contributed by atoms with Crippen LogP contribution >= 0.6 is 23.2 Å². The molecule has 1 unspecified atom stereocenters. The summed E-state index contributed by atoms with van der Waals surface area (Å²) >= 11 is 12.5. The van der Waals surface area contributed by atoms with Gasteiger partial charge in [0.1, 0.15) is 0 Å². The van der Waals surface area contributed by atoms with Gasteiger partial charge < -0.3 is 0 Å². The Morgan fingerprint density at radius 3 is 2.12 bits per heavy atom. The Bertz CT molecular complexity index is 300. The van der Waals surface area contributed by atoms with Crippen LogP contribution in [0.5, 0.6) is 0 Å². The van der Waals surface area contributed by atoms with Crippen LogP contribution in [-0.2, 0) is 0 Å². The second-order valence-electron chi connectivity index (χ2n) is 4.26. The van der Waals surface area contributed by atoms with Gasteiger partial charge in [0.25, 0.3) is 0 Å². The predicted octanol–water partition coefficient (Wildman–Crippen LogP) is 6.07. The minimum absolute atomic E-state index is 0.520. The van der Waals surface area contributed by atoms with Gasteiger partial charge in [0.15, 0.2) is 0 Å². The molecule has 0 heterocycles. The third kappa shape index (κ3) is 3.68. The molecule has 0 bridgehead atoms. The molecule has 0 saturated heterocycles. The van der Waals surface area contributed by atoms with Gasteiger partial charge in [0, 0.05) is 10.0 Å². The Kier molecular flexibility index (Phi) is 6.23. The average molecular weight is 259 g/mol. The van der Waals surface area contributed by atoms with Crippen LogP contribution in [0.25, 0.3) is 0 Å². The van der Waals surface area contributed by atoms with Gasteiger partial charge in [-0.05, 0) is 36.5 Å². The smallest absolute Gasteiger partial charge is 0.0455 e. The highest BCUT2D eigenvalue weighted by Crippen LogP contribution is 2.36. The van der Waals surface area contributed by atoms with Crippen molar-refractivity contribution in [3.05, 3.63) is 33.8 Å². The zero-order chi connectivity index (χ0) is 12.0. The normalized spacial score (nSPS) is 12.8. The summed E-state index contributed by atoms with van der Waals surface area (Å²) in [5.74, 6) is 0.520. The molecule has 0 spiro atoms. The summed E-state index contributed by atoms with van der Waals surface area (Å²) in [6.07, 6.45) is 6.00. The number of hydrogen-bond donors (Lipinski definition) is 0. The van der Waals surface area contributed by atoms with Crippen molar-refractivity contribution in [2.45, 2.75) is 51.9 Å². The number of unbranched alkanes of at least 4 members (excludes halogenated alkanes) is 1. The van der Waals surface area contributed by atoms with Gasteiger partial charge in [0.2, 0.25) is 0 Å². The molecule has 0 aliphatic heterocycles. The minimum Gasteiger partial charge on any atom is -0.0840 e. The van der Waals surface area contributed by atoms with Crippen molar-refractivity contribution >= 4 is 23.2 Å². The van der Waals surface area contributed by atoms with E-state index in [2.05, 4.69) is 13.8 Å². The van der Waals surface area contributed by atoms with Crippen molar-refractivity contribution in [1.29, 1.82) is 0 Å². The molecule has 1 atom stereocenters. The Morgan fingerprint density at radius 1 is 1.00 bits per heavy atom. The van der Waals surface area contributed by atoms with Crippen LogP contribution in [0.1, 0.15) is 57.4 Å². The van der Waals surface area contributed by atoms with E-state index in [0.717, 1.165) is 15.6 Å². The molecule has 16 heavy (non-hydrogen) atoms. The summed E-state index contributed by atoms with van der Waals surface area (Å²) in [6, 6.07) is 5.80. The van der Waals surface area contributed by atoms with Crippen LogP contribution in [0.3, 0.4) is 0 Å². The van der Waals surface area contributed by atoms with E-state index in [1.165, 1.54) is 32.1 Å². The van der Waals surface area contributed by atoms with E-state index in [1.54, 1.807) is 0 Å². The Morgan fingerprint density at radius 2 is 1.62 bits per heavy atom. The second-order valence-corrected chi connectivity index (χ2v) is 5.08. The highest BCUT2D eigenvalue weighted by Gasteiger charge is 2.16. The first-order valence-corrected chi connectivity index (χ1v) is 6.90. The average Bonchev–Trinajstić information content (AvgIpc) is 2.25. The van der Waals surface area contributed by atoms with E-state index in [1.807, 2.05) is 18.2 Å². The van der Waals surface area contributed by atoms with Gasteiger partial charge in [0.05, 0.1) is 0 Å². The third-order valence-electron chi connectivity index (χ3n) is 2.95. The molecule has 0 aliphatic rings. The maximum atomic E-state index is 6.25. The number of rotatable bonds is 6. The van der Waals surface area contributed by atoms with Crippen LogP contribution in [0.2, 0.25) is 10.0 Å². The SMILES string of the molecule is CCCCC(CCC)c1c(Cl)cccc1Cl. The van der Waals surface area contributed by atoms with Crippen molar-refractivity contribution < 1.29 is 0 Å². The molecule has 0 radical (unpaired) electrons. The molecule has 90 valence electrons. The summed E-state index contributed by atoms with van der Waals surface area (Å²) in [6.45, 7) is 4.43. The zero-order valence-corrected chi connectivity index (χ0v) is 11.6. The third-order valence-corrected chi connectivity index (χ3v) is 3.61. The fraction of sp³-hybridized carbons (Fsp3) is 0.571. The van der Waals surface area contributed by atoms with Crippen LogP contribution in [0.15, 0.2) is 18.2 Å². The second kappa shape index (κ2) is 7.19. The van der Waals surface area contributed by atoms with E-state index in [-0.39, 0.29) is 0 Å². The molecule has 0 amide bonds. The van der Waals surface area contributed by atoms with Crippen LogP contribution in [0, 0.1) is 0 Å². The molecule has 0 N–H and O–H groups in total. The van der Waals surface area contributed by atoms with E-state index in [4.69, 9.17) is 23.2 Å². The monoisotopic (exact) mass is 258 g/mol. The molecular weight excluding hydrogens is 239 g/mol. The topological polar surface area (TPSA) is 0 Å². The van der Waals surface area contributed by atoms with Gasteiger partial charge in [-0.15, -0.1) is 0 Å². The van der Waals surface area contributed by atoms with E-state index < -0.39 is 0 Å². The van der Waals surface area contributed by atoms with Crippen molar-refractivity contribution in [3.8, 4) is 0 Å². The molecule has 0 nitrogen and oxygen atoms in total. The lowest BCUT2D eigenvalue weighted by Crippen LogP contribution is -2.00. The van der Waals surface area contributed by atoms with Gasteiger partial charge in [-0.1, -0.05) is 62.4 Å². The van der Waals surface area contributed by atoms with Gasteiger partial charge >= 0.3 is 0 Å². The lowest BCUT2D eigenvalue weighted by molar-refractivity contribution is 0.541.